The van der Waals surface area contributed by atoms with E-state index in [1.54, 1.807) is 18.2 Å². The molecule has 0 spiro atoms. The van der Waals surface area contributed by atoms with Gasteiger partial charge in [-0.25, -0.2) is 4.39 Å². The van der Waals surface area contributed by atoms with E-state index in [1.807, 2.05) is 6.92 Å². The number of halogens is 1. The molecule has 0 saturated heterocycles. The normalized spacial score (nSPS) is 18.3. The first-order valence-corrected chi connectivity index (χ1v) is 7.98. The molecule has 0 saturated carbocycles. The van der Waals surface area contributed by atoms with Crippen molar-refractivity contribution in [2.75, 3.05) is 0 Å². The van der Waals surface area contributed by atoms with Gasteiger partial charge in [0.2, 0.25) is 5.91 Å². The van der Waals surface area contributed by atoms with Gasteiger partial charge in [0.15, 0.2) is 11.4 Å². The van der Waals surface area contributed by atoms with E-state index in [2.05, 4.69) is 20.7 Å². The molecule has 0 fully saturated rings. The lowest BCUT2D eigenvalue weighted by Gasteiger charge is -2.21. The predicted octanol–water partition coefficient (Wildman–Crippen LogP) is 2.67. The van der Waals surface area contributed by atoms with E-state index in [-0.39, 0.29) is 23.4 Å². The number of para-hydroxylation sites is 1. The van der Waals surface area contributed by atoms with Gasteiger partial charge < -0.3 is 9.73 Å². The Hall–Kier alpha value is -2.70. The summed E-state index contributed by atoms with van der Waals surface area (Å²) in [6.07, 6.45) is 2.07. The highest BCUT2D eigenvalue weighted by Crippen LogP contribution is 2.27. The summed E-state index contributed by atoms with van der Waals surface area (Å²) in [5.41, 5.74) is 2.03. The minimum Gasteiger partial charge on any atom is -0.456 e. The number of amides is 1. The molecule has 0 radical (unpaired) electrons. The largest absolute Gasteiger partial charge is 0.456 e. The molecular weight excluding hydrogens is 311 g/mol. The Kier molecular flexibility index (Phi) is 3.55. The number of hydrogen-bond donors (Lipinski definition) is 2. The number of H-pyrrole nitrogens is 1. The lowest BCUT2D eigenvalue weighted by Crippen LogP contribution is -2.35. The zero-order valence-corrected chi connectivity index (χ0v) is 13.2. The number of aromatic amines is 1. The Bertz CT molecular complexity index is 901. The van der Waals surface area contributed by atoms with Gasteiger partial charge in [0.05, 0.1) is 17.4 Å². The maximum Gasteiger partial charge on any atom is 0.224 e. The van der Waals surface area contributed by atoms with Crippen LogP contribution < -0.4 is 5.32 Å². The molecule has 4 rings (SSSR count). The van der Waals surface area contributed by atoms with Crippen molar-refractivity contribution in [2.24, 2.45) is 5.92 Å². The third-order valence-electron chi connectivity index (χ3n) is 4.54. The zero-order chi connectivity index (χ0) is 16.7. The van der Waals surface area contributed by atoms with Crippen molar-refractivity contribution in [3.05, 3.63) is 47.2 Å². The van der Waals surface area contributed by atoms with Gasteiger partial charge in [0, 0.05) is 17.7 Å². The van der Waals surface area contributed by atoms with Gasteiger partial charge in [-0.05, 0) is 31.9 Å². The smallest absolute Gasteiger partial charge is 0.224 e. The average Bonchev–Trinajstić information content (AvgIpc) is 3.21. The van der Waals surface area contributed by atoms with Crippen LogP contribution >= 0.6 is 0 Å². The Morgan fingerprint density at radius 3 is 3.08 bits per heavy atom. The fourth-order valence-electron chi connectivity index (χ4n) is 3.17. The lowest BCUT2D eigenvalue weighted by atomic mass is 9.89. The van der Waals surface area contributed by atoms with E-state index in [9.17, 15) is 9.18 Å². The SMILES string of the molecule is C[C@H](NC(=O)[C@@H]1CCc2n[nH]nc2C1)c1cc2cccc(F)c2o1. The standard InChI is InChI=1S/C17H17FN4O2/c1-9(15-8-10-3-2-4-12(18)16(10)24-15)19-17(23)11-5-6-13-14(7-11)21-22-20-13/h2-4,8-9,11H,5-7H2,1H3,(H,19,23)(H,20,21,22)/t9-,11+/m0/s1. The number of benzene rings is 1. The van der Waals surface area contributed by atoms with Gasteiger partial charge in [0.1, 0.15) is 5.76 Å². The third kappa shape index (κ3) is 2.55. The highest BCUT2D eigenvalue weighted by Gasteiger charge is 2.28. The zero-order valence-electron chi connectivity index (χ0n) is 13.2. The second-order valence-electron chi connectivity index (χ2n) is 6.19. The molecule has 1 amide bonds. The summed E-state index contributed by atoms with van der Waals surface area (Å²) in [4.78, 5) is 12.5. The van der Waals surface area contributed by atoms with Gasteiger partial charge in [-0.2, -0.15) is 15.4 Å². The van der Waals surface area contributed by atoms with E-state index in [4.69, 9.17) is 4.42 Å². The van der Waals surface area contributed by atoms with Gasteiger partial charge in [-0.15, -0.1) is 0 Å². The maximum atomic E-state index is 13.7. The summed E-state index contributed by atoms with van der Waals surface area (Å²) in [6, 6.07) is 6.21. The first-order chi connectivity index (χ1) is 11.6. The topological polar surface area (TPSA) is 83.8 Å². The number of aromatic nitrogens is 3. The van der Waals surface area contributed by atoms with E-state index < -0.39 is 5.82 Å². The van der Waals surface area contributed by atoms with Crippen molar-refractivity contribution in [3.63, 3.8) is 0 Å². The number of furan rings is 1. The molecule has 2 N–H and O–H groups in total. The molecule has 2 aromatic heterocycles. The van der Waals surface area contributed by atoms with Crippen molar-refractivity contribution in [1.82, 2.24) is 20.7 Å². The summed E-state index contributed by atoms with van der Waals surface area (Å²) in [7, 11) is 0. The molecule has 2 atom stereocenters. The second kappa shape index (κ2) is 5.74. The Labute approximate surface area is 137 Å². The number of carbonyl (C=O) groups excluding carboxylic acids is 1. The van der Waals surface area contributed by atoms with E-state index in [0.717, 1.165) is 24.2 Å². The fraction of sp³-hybridized carbons (Fsp3) is 0.353. The number of fused-ring (bicyclic) bond motifs is 2. The Balaban J connectivity index is 1.48. The van der Waals surface area contributed by atoms with Crippen LogP contribution in [-0.2, 0) is 17.6 Å². The number of nitrogens with one attached hydrogen (secondary N) is 2. The molecule has 7 heteroatoms. The molecule has 2 heterocycles. The maximum absolute atomic E-state index is 13.7. The van der Waals surface area contributed by atoms with E-state index >= 15 is 0 Å². The highest BCUT2D eigenvalue weighted by molar-refractivity contribution is 5.81. The van der Waals surface area contributed by atoms with Crippen molar-refractivity contribution in [1.29, 1.82) is 0 Å². The number of hydrogen-bond acceptors (Lipinski definition) is 4. The van der Waals surface area contributed by atoms with Crippen LogP contribution in [0.5, 0.6) is 0 Å². The quantitative estimate of drug-likeness (QED) is 0.774. The number of aryl methyl sites for hydroxylation is 1. The van der Waals surface area contributed by atoms with Crippen LogP contribution in [0, 0.1) is 11.7 Å². The average molecular weight is 328 g/mol. The number of nitrogens with zero attached hydrogens (tertiary/aromatic N) is 2. The molecule has 1 aliphatic rings. The van der Waals surface area contributed by atoms with Gasteiger partial charge in [0.25, 0.3) is 0 Å². The van der Waals surface area contributed by atoms with Crippen LogP contribution in [0.15, 0.2) is 28.7 Å². The van der Waals surface area contributed by atoms with Crippen molar-refractivity contribution < 1.29 is 13.6 Å². The van der Waals surface area contributed by atoms with Crippen LogP contribution in [0.25, 0.3) is 11.0 Å². The van der Waals surface area contributed by atoms with Crippen molar-refractivity contribution >= 4 is 16.9 Å². The summed E-state index contributed by atoms with van der Waals surface area (Å²) in [6.45, 7) is 1.83. The van der Waals surface area contributed by atoms with Crippen molar-refractivity contribution in [3.8, 4) is 0 Å². The monoisotopic (exact) mass is 328 g/mol. The first-order valence-electron chi connectivity index (χ1n) is 7.98. The molecule has 1 aliphatic carbocycles. The van der Waals surface area contributed by atoms with E-state index in [0.29, 0.717) is 17.6 Å². The van der Waals surface area contributed by atoms with Gasteiger partial charge in [-0.1, -0.05) is 12.1 Å². The van der Waals surface area contributed by atoms with Gasteiger partial charge in [-0.3, -0.25) is 4.79 Å². The van der Waals surface area contributed by atoms with Crippen LogP contribution in [-0.4, -0.2) is 21.3 Å². The minimum absolute atomic E-state index is 0.0444. The molecule has 1 aromatic carbocycles. The lowest BCUT2D eigenvalue weighted by molar-refractivity contribution is -0.126. The van der Waals surface area contributed by atoms with Crippen LogP contribution in [0.4, 0.5) is 4.39 Å². The van der Waals surface area contributed by atoms with Crippen LogP contribution in [0.2, 0.25) is 0 Å². The molecule has 124 valence electrons. The molecule has 0 bridgehead atoms. The second-order valence-corrected chi connectivity index (χ2v) is 6.19. The molecular formula is C17H17FN4O2. The molecule has 3 aromatic rings. The fourth-order valence-corrected chi connectivity index (χ4v) is 3.17. The molecule has 24 heavy (non-hydrogen) atoms. The van der Waals surface area contributed by atoms with Crippen LogP contribution in [0.1, 0.15) is 36.5 Å². The van der Waals surface area contributed by atoms with Gasteiger partial charge >= 0.3 is 0 Å². The molecule has 6 nitrogen and oxygen atoms in total. The first kappa shape index (κ1) is 14.9. The van der Waals surface area contributed by atoms with E-state index in [1.165, 1.54) is 6.07 Å². The summed E-state index contributed by atoms with van der Waals surface area (Å²) in [5.74, 6) is -0.0345. The number of rotatable bonds is 3. The number of carbonyl (C=O) groups is 1. The summed E-state index contributed by atoms with van der Waals surface area (Å²) < 4.78 is 19.3. The van der Waals surface area contributed by atoms with Crippen LogP contribution in [0.3, 0.4) is 0 Å². The minimum atomic E-state index is -0.400. The predicted molar refractivity (Wildman–Crippen MR) is 84.6 cm³/mol. The third-order valence-corrected chi connectivity index (χ3v) is 4.54. The van der Waals surface area contributed by atoms with Crippen molar-refractivity contribution in [2.45, 2.75) is 32.2 Å². The highest BCUT2D eigenvalue weighted by atomic mass is 19.1. The molecule has 0 aliphatic heterocycles. The summed E-state index contributed by atoms with van der Waals surface area (Å²) in [5, 5.41) is 14.4. The Morgan fingerprint density at radius 2 is 2.25 bits per heavy atom. The Morgan fingerprint density at radius 1 is 1.42 bits per heavy atom. The summed E-state index contributed by atoms with van der Waals surface area (Å²) >= 11 is 0. The molecule has 0 unspecified atom stereocenters.